The summed E-state index contributed by atoms with van der Waals surface area (Å²) in [6, 6.07) is 1.68. The maximum absolute atomic E-state index is 11.3. The fraction of sp³-hybridized carbons (Fsp3) is 0.143. The van der Waals surface area contributed by atoms with Gasteiger partial charge in [0.1, 0.15) is 5.75 Å². The van der Waals surface area contributed by atoms with E-state index in [0.717, 1.165) is 0 Å². The minimum absolute atomic E-state index is 0.0997. The fourth-order valence-corrected chi connectivity index (χ4v) is 2.81. The lowest BCUT2D eigenvalue weighted by atomic mass is 10.6. The molecule has 0 fully saturated rings. The van der Waals surface area contributed by atoms with E-state index in [1.807, 2.05) is 0 Å². The standard InChI is InChI=1S/C7H8ClNO2S2/c1-6(8)5-13(10,11)9-7-2-3-12-4-7/h2-4,9H,1,5H2. The maximum atomic E-state index is 11.3. The SMILES string of the molecule is C=C(Cl)CS(=O)(=O)Nc1ccsc1. The molecule has 0 atom stereocenters. The molecule has 1 N–H and O–H groups in total. The highest BCUT2D eigenvalue weighted by molar-refractivity contribution is 7.92. The van der Waals surface area contributed by atoms with Crippen molar-refractivity contribution in [2.45, 2.75) is 0 Å². The minimum atomic E-state index is -3.38. The molecule has 13 heavy (non-hydrogen) atoms. The molecular weight excluding hydrogens is 230 g/mol. The van der Waals surface area contributed by atoms with E-state index in [1.165, 1.54) is 11.3 Å². The number of hydrogen-bond acceptors (Lipinski definition) is 3. The van der Waals surface area contributed by atoms with Crippen LogP contribution in [-0.4, -0.2) is 14.2 Å². The van der Waals surface area contributed by atoms with Gasteiger partial charge in [0.15, 0.2) is 0 Å². The van der Waals surface area contributed by atoms with Crippen molar-refractivity contribution in [1.29, 1.82) is 0 Å². The second kappa shape index (κ2) is 4.13. The van der Waals surface area contributed by atoms with E-state index >= 15 is 0 Å². The summed E-state index contributed by atoms with van der Waals surface area (Å²) in [5, 5.41) is 3.59. The molecule has 0 bridgehead atoms. The van der Waals surface area contributed by atoms with Crippen molar-refractivity contribution in [3.05, 3.63) is 28.4 Å². The van der Waals surface area contributed by atoms with Crippen LogP contribution < -0.4 is 4.72 Å². The van der Waals surface area contributed by atoms with Crippen LogP contribution >= 0.6 is 22.9 Å². The molecule has 0 aliphatic rings. The van der Waals surface area contributed by atoms with Gasteiger partial charge in [-0.15, -0.1) is 0 Å². The van der Waals surface area contributed by atoms with E-state index in [2.05, 4.69) is 11.3 Å². The molecule has 6 heteroatoms. The largest absolute Gasteiger partial charge is 0.282 e. The van der Waals surface area contributed by atoms with Crippen LogP contribution in [0.25, 0.3) is 0 Å². The maximum Gasteiger partial charge on any atom is 0.237 e. The first-order chi connectivity index (χ1) is 5.99. The Hall–Kier alpha value is -0.520. The summed E-state index contributed by atoms with van der Waals surface area (Å²) in [4.78, 5) is 0. The first kappa shape index (κ1) is 10.6. The second-order valence-electron chi connectivity index (χ2n) is 2.39. The third-order valence-corrected chi connectivity index (χ3v) is 3.39. The molecule has 0 radical (unpaired) electrons. The third kappa shape index (κ3) is 3.80. The van der Waals surface area contributed by atoms with Crippen LogP contribution in [0.15, 0.2) is 28.4 Å². The Kier molecular flexibility index (Phi) is 3.35. The van der Waals surface area contributed by atoms with Gasteiger partial charge in [-0.25, -0.2) is 8.42 Å². The van der Waals surface area contributed by atoms with Gasteiger partial charge in [-0.05, 0) is 11.4 Å². The molecule has 0 aliphatic heterocycles. The summed E-state index contributed by atoms with van der Waals surface area (Å²) in [5.74, 6) is -0.260. The van der Waals surface area contributed by atoms with E-state index in [0.29, 0.717) is 5.69 Å². The number of hydrogen-bond donors (Lipinski definition) is 1. The molecule has 1 aromatic heterocycles. The summed E-state index contributed by atoms with van der Waals surface area (Å²) in [6.45, 7) is 3.32. The normalized spacial score (nSPS) is 11.2. The predicted octanol–water partition coefficient (Wildman–Crippen LogP) is 2.24. The van der Waals surface area contributed by atoms with Crippen molar-refractivity contribution in [3.8, 4) is 0 Å². The van der Waals surface area contributed by atoms with Crippen molar-refractivity contribution in [3.63, 3.8) is 0 Å². The molecule has 1 aromatic rings. The van der Waals surface area contributed by atoms with Crippen molar-refractivity contribution in [2.24, 2.45) is 0 Å². The minimum Gasteiger partial charge on any atom is -0.282 e. The number of sulfonamides is 1. The number of halogens is 1. The average molecular weight is 238 g/mol. The van der Waals surface area contributed by atoms with Crippen LogP contribution in [-0.2, 0) is 10.0 Å². The fourth-order valence-electron chi connectivity index (χ4n) is 0.744. The lowest BCUT2D eigenvalue weighted by Gasteiger charge is -2.03. The first-order valence-corrected chi connectivity index (χ1v) is 6.33. The Labute approximate surface area is 86.1 Å². The second-order valence-corrected chi connectivity index (χ2v) is 5.43. The highest BCUT2D eigenvalue weighted by Crippen LogP contribution is 2.14. The van der Waals surface area contributed by atoms with E-state index in [9.17, 15) is 8.42 Å². The molecule has 1 rings (SSSR count). The zero-order valence-electron chi connectivity index (χ0n) is 6.66. The number of nitrogens with one attached hydrogen (secondary N) is 1. The van der Waals surface area contributed by atoms with E-state index < -0.39 is 10.0 Å². The molecule has 0 saturated carbocycles. The summed E-state index contributed by atoms with van der Waals surface area (Å²) >= 11 is 6.81. The number of rotatable bonds is 4. The van der Waals surface area contributed by atoms with Crippen LogP contribution in [0.2, 0.25) is 0 Å². The zero-order chi connectivity index (χ0) is 9.90. The van der Waals surface area contributed by atoms with Crippen molar-refractivity contribution >= 4 is 38.6 Å². The van der Waals surface area contributed by atoms with Gasteiger partial charge in [-0.3, -0.25) is 4.72 Å². The highest BCUT2D eigenvalue weighted by atomic mass is 35.5. The molecule has 72 valence electrons. The smallest absolute Gasteiger partial charge is 0.237 e. The van der Waals surface area contributed by atoms with Gasteiger partial charge >= 0.3 is 0 Å². The summed E-state index contributed by atoms with van der Waals surface area (Å²) in [6.07, 6.45) is 0. The summed E-state index contributed by atoms with van der Waals surface area (Å²) in [7, 11) is -3.38. The Morgan fingerprint density at radius 3 is 2.85 bits per heavy atom. The van der Waals surface area contributed by atoms with Crippen LogP contribution in [0, 0.1) is 0 Å². The molecule has 1 heterocycles. The van der Waals surface area contributed by atoms with E-state index in [1.54, 1.807) is 16.8 Å². The van der Waals surface area contributed by atoms with Crippen LogP contribution in [0.5, 0.6) is 0 Å². The Morgan fingerprint density at radius 1 is 1.69 bits per heavy atom. The topological polar surface area (TPSA) is 46.2 Å². The number of thiophene rings is 1. The van der Waals surface area contributed by atoms with Crippen LogP contribution in [0.4, 0.5) is 5.69 Å². The summed E-state index contributed by atoms with van der Waals surface area (Å²) < 4.78 is 24.9. The Balaban J connectivity index is 2.68. The molecule has 0 spiro atoms. The monoisotopic (exact) mass is 237 g/mol. The zero-order valence-corrected chi connectivity index (χ0v) is 9.05. The van der Waals surface area contributed by atoms with Gasteiger partial charge in [0.05, 0.1) is 5.69 Å². The number of anilines is 1. The van der Waals surface area contributed by atoms with Gasteiger partial charge in [-0.2, -0.15) is 11.3 Å². The molecule has 0 aromatic carbocycles. The van der Waals surface area contributed by atoms with E-state index in [4.69, 9.17) is 11.6 Å². The quantitative estimate of drug-likeness (QED) is 0.873. The predicted molar refractivity (Wildman–Crippen MR) is 56.7 cm³/mol. The molecule has 0 saturated heterocycles. The lowest BCUT2D eigenvalue weighted by molar-refractivity contribution is 0.604. The van der Waals surface area contributed by atoms with Gasteiger partial charge in [0.2, 0.25) is 10.0 Å². The van der Waals surface area contributed by atoms with Crippen LogP contribution in [0.1, 0.15) is 0 Å². The van der Waals surface area contributed by atoms with Crippen LogP contribution in [0.3, 0.4) is 0 Å². The summed E-state index contributed by atoms with van der Waals surface area (Å²) in [5.41, 5.74) is 0.558. The molecule has 3 nitrogen and oxygen atoms in total. The van der Waals surface area contributed by atoms with Gasteiger partial charge in [-0.1, -0.05) is 18.2 Å². The van der Waals surface area contributed by atoms with Gasteiger partial charge in [0.25, 0.3) is 0 Å². The van der Waals surface area contributed by atoms with Crippen molar-refractivity contribution < 1.29 is 8.42 Å². The first-order valence-electron chi connectivity index (χ1n) is 3.35. The van der Waals surface area contributed by atoms with Gasteiger partial charge in [0, 0.05) is 10.4 Å². The molecule has 0 amide bonds. The third-order valence-electron chi connectivity index (χ3n) is 1.14. The molecular formula is C7H8ClNO2S2. The van der Waals surface area contributed by atoms with Crippen molar-refractivity contribution in [2.75, 3.05) is 10.5 Å². The van der Waals surface area contributed by atoms with Crippen molar-refractivity contribution in [1.82, 2.24) is 0 Å². The average Bonchev–Trinajstić information content (AvgIpc) is 2.34. The lowest BCUT2D eigenvalue weighted by Crippen LogP contribution is -2.16. The highest BCUT2D eigenvalue weighted by Gasteiger charge is 2.11. The Bertz CT molecular complexity index is 383. The Morgan fingerprint density at radius 2 is 2.38 bits per heavy atom. The molecule has 0 unspecified atom stereocenters. The van der Waals surface area contributed by atoms with E-state index in [-0.39, 0.29) is 10.8 Å². The van der Waals surface area contributed by atoms with Gasteiger partial charge < -0.3 is 0 Å². The molecule has 0 aliphatic carbocycles.